The SMILES string of the molecule is O=C(c1ccc(O)c(Cl)c1)c1nc2ccc(O)cc2s1. The van der Waals surface area contributed by atoms with E-state index >= 15 is 0 Å². The average molecular weight is 306 g/mol. The molecule has 1 aromatic heterocycles. The van der Waals surface area contributed by atoms with Crippen LogP contribution in [0.25, 0.3) is 10.2 Å². The lowest BCUT2D eigenvalue weighted by molar-refractivity contribution is 0.103. The molecule has 4 nitrogen and oxygen atoms in total. The molecule has 2 N–H and O–H groups in total. The summed E-state index contributed by atoms with van der Waals surface area (Å²) < 4.78 is 0.734. The van der Waals surface area contributed by atoms with Gasteiger partial charge < -0.3 is 10.2 Å². The van der Waals surface area contributed by atoms with Crippen molar-refractivity contribution in [3.05, 3.63) is 52.0 Å². The first kappa shape index (κ1) is 12.9. The number of phenolic OH excluding ortho intramolecular Hbond substituents is 2. The summed E-state index contributed by atoms with van der Waals surface area (Å²) in [5.41, 5.74) is 1.01. The normalized spacial score (nSPS) is 10.8. The van der Waals surface area contributed by atoms with Crippen molar-refractivity contribution in [2.45, 2.75) is 0 Å². The molecule has 0 fully saturated rings. The second-order valence-electron chi connectivity index (χ2n) is 4.17. The van der Waals surface area contributed by atoms with Crippen LogP contribution < -0.4 is 0 Å². The lowest BCUT2D eigenvalue weighted by atomic mass is 10.1. The maximum Gasteiger partial charge on any atom is 0.221 e. The van der Waals surface area contributed by atoms with Gasteiger partial charge in [0.25, 0.3) is 0 Å². The predicted molar refractivity (Wildman–Crippen MR) is 77.8 cm³/mol. The van der Waals surface area contributed by atoms with Crippen molar-refractivity contribution in [2.75, 3.05) is 0 Å². The number of phenols is 2. The minimum atomic E-state index is -0.271. The Hall–Kier alpha value is -2.11. The Morgan fingerprint density at radius 3 is 2.70 bits per heavy atom. The maximum absolute atomic E-state index is 12.3. The second kappa shape index (κ2) is 4.77. The van der Waals surface area contributed by atoms with Crippen molar-refractivity contribution in [3.8, 4) is 11.5 Å². The van der Waals surface area contributed by atoms with Crippen molar-refractivity contribution in [2.24, 2.45) is 0 Å². The van der Waals surface area contributed by atoms with Gasteiger partial charge in [-0.15, -0.1) is 11.3 Å². The average Bonchev–Trinajstić information content (AvgIpc) is 2.84. The Morgan fingerprint density at radius 2 is 1.95 bits per heavy atom. The number of nitrogens with zero attached hydrogens (tertiary/aromatic N) is 1. The standard InChI is InChI=1S/C14H8ClNO3S/c15-9-5-7(1-4-11(9)18)13(19)14-16-10-3-2-8(17)6-12(10)20-14/h1-6,17-18H. The van der Waals surface area contributed by atoms with Crippen LogP contribution in [0.2, 0.25) is 5.02 Å². The molecular formula is C14H8ClNO3S. The molecule has 1 heterocycles. The van der Waals surface area contributed by atoms with Gasteiger partial charge in [-0.1, -0.05) is 11.6 Å². The topological polar surface area (TPSA) is 70.4 Å². The molecule has 0 atom stereocenters. The third kappa shape index (κ3) is 2.21. The molecule has 0 aliphatic heterocycles. The number of aromatic nitrogens is 1. The number of thiazole rings is 1. The Kier molecular flexibility index (Phi) is 3.08. The molecule has 2 aromatic carbocycles. The number of carbonyl (C=O) groups excluding carboxylic acids is 1. The van der Waals surface area contributed by atoms with Gasteiger partial charge in [0.05, 0.1) is 15.2 Å². The Bertz CT molecular complexity index is 828. The third-order valence-electron chi connectivity index (χ3n) is 2.78. The molecule has 100 valence electrons. The highest BCUT2D eigenvalue weighted by molar-refractivity contribution is 7.20. The molecule has 0 spiro atoms. The summed E-state index contributed by atoms with van der Waals surface area (Å²) in [7, 11) is 0. The van der Waals surface area contributed by atoms with Gasteiger partial charge in [-0.3, -0.25) is 4.79 Å². The van der Waals surface area contributed by atoms with Crippen molar-refractivity contribution >= 4 is 38.9 Å². The van der Waals surface area contributed by atoms with Crippen LogP contribution in [0.3, 0.4) is 0 Å². The molecule has 3 rings (SSSR count). The molecule has 0 saturated carbocycles. The summed E-state index contributed by atoms with van der Waals surface area (Å²) in [5.74, 6) is -0.210. The van der Waals surface area contributed by atoms with Crippen LogP contribution in [0, 0.1) is 0 Å². The lowest BCUT2D eigenvalue weighted by Gasteiger charge is -2.00. The van der Waals surface area contributed by atoms with Crippen LogP contribution in [0.4, 0.5) is 0 Å². The largest absolute Gasteiger partial charge is 0.508 e. The number of rotatable bonds is 2. The molecule has 0 radical (unpaired) electrons. The van der Waals surface area contributed by atoms with Gasteiger partial charge in [-0.25, -0.2) is 4.98 Å². The fraction of sp³-hybridized carbons (Fsp3) is 0. The lowest BCUT2D eigenvalue weighted by Crippen LogP contribution is -2.00. The maximum atomic E-state index is 12.3. The van der Waals surface area contributed by atoms with E-state index in [4.69, 9.17) is 11.6 Å². The molecular weight excluding hydrogens is 298 g/mol. The summed E-state index contributed by atoms with van der Waals surface area (Å²) in [6.45, 7) is 0. The highest BCUT2D eigenvalue weighted by Crippen LogP contribution is 2.29. The van der Waals surface area contributed by atoms with Crippen molar-refractivity contribution in [1.82, 2.24) is 4.98 Å². The molecule has 0 unspecified atom stereocenters. The summed E-state index contributed by atoms with van der Waals surface area (Å²) in [4.78, 5) is 16.5. The van der Waals surface area contributed by atoms with Gasteiger partial charge in [-0.2, -0.15) is 0 Å². The molecule has 0 saturated heterocycles. The van der Waals surface area contributed by atoms with E-state index in [-0.39, 0.29) is 22.3 Å². The van der Waals surface area contributed by atoms with Crippen LogP contribution in [0.15, 0.2) is 36.4 Å². The molecule has 0 aliphatic rings. The van der Waals surface area contributed by atoms with Crippen LogP contribution >= 0.6 is 22.9 Å². The Morgan fingerprint density at radius 1 is 1.15 bits per heavy atom. The highest BCUT2D eigenvalue weighted by atomic mass is 35.5. The van der Waals surface area contributed by atoms with Crippen molar-refractivity contribution in [3.63, 3.8) is 0 Å². The highest BCUT2D eigenvalue weighted by Gasteiger charge is 2.16. The fourth-order valence-electron chi connectivity index (χ4n) is 1.78. The van der Waals surface area contributed by atoms with E-state index in [0.29, 0.717) is 16.1 Å². The van der Waals surface area contributed by atoms with Gasteiger partial charge in [-0.05, 0) is 36.4 Å². The summed E-state index contributed by atoms with van der Waals surface area (Å²) in [6, 6.07) is 9.01. The van der Waals surface area contributed by atoms with Gasteiger partial charge in [0.2, 0.25) is 5.78 Å². The molecule has 0 aliphatic carbocycles. The van der Waals surface area contributed by atoms with Crippen LogP contribution in [-0.2, 0) is 0 Å². The van der Waals surface area contributed by atoms with E-state index in [0.717, 1.165) is 4.70 Å². The van der Waals surface area contributed by atoms with Crippen LogP contribution in [0.1, 0.15) is 15.4 Å². The van der Waals surface area contributed by atoms with Crippen molar-refractivity contribution < 1.29 is 15.0 Å². The quantitative estimate of drug-likeness (QED) is 0.710. The third-order valence-corrected chi connectivity index (χ3v) is 4.10. The van der Waals surface area contributed by atoms with E-state index in [9.17, 15) is 15.0 Å². The minimum Gasteiger partial charge on any atom is -0.508 e. The van der Waals surface area contributed by atoms with E-state index in [1.165, 1.54) is 35.6 Å². The van der Waals surface area contributed by atoms with Crippen molar-refractivity contribution in [1.29, 1.82) is 0 Å². The fourth-order valence-corrected chi connectivity index (χ4v) is 2.92. The first-order chi connectivity index (χ1) is 9.54. The molecule has 0 bridgehead atoms. The predicted octanol–water partition coefficient (Wildman–Crippen LogP) is 3.59. The van der Waals surface area contributed by atoms with Crippen LogP contribution in [-0.4, -0.2) is 21.0 Å². The Labute approximate surface area is 122 Å². The number of benzene rings is 2. The number of halogens is 1. The zero-order valence-corrected chi connectivity index (χ0v) is 11.6. The zero-order valence-electron chi connectivity index (χ0n) is 10.0. The number of carbonyl (C=O) groups is 1. The molecule has 6 heteroatoms. The number of hydrogen-bond acceptors (Lipinski definition) is 5. The first-order valence-electron chi connectivity index (χ1n) is 5.67. The number of aromatic hydroxyl groups is 2. The minimum absolute atomic E-state index is 0.0718. The molecule has 0 amide bonds. The number of hydrogen-bond donors (Lipinski definition) is 2. The van der Waals surface area contributed by atoms with E-state index in [2.05, 4.69) is 4.98 Å². The monoisotopic (exact) mass is 305 g/mol. The first-order valence-corrected chi connectivity index (χ1v) is 6.87. The van der Waals surface area contributed by atoms with Gasteiger partial charge in [0, 0.05) is 5.56 Å². The Balaban J connectivity index is 2.05. The second-order valence-corrected chi connectivity index (χ2v) is 5.60. The molecule has 3 aromatic rings. The summed E-state index contributed by atoms with van der Waals surface area (Å²) >= 11 is 6.99. The zero-order chi connectivity index (χ0) is 14.3. The number of ketones is 1. The van der Waals surface area contributed by atoms with Gasteiger partial charge in [0.15, 0.2) is 5.01 Å². The number of fused-ring (bicyclic) bond motifs is 1. The van der Waals surface area contributed by atoms with Gasteiger partial charge in [0.1, 0.15) is 11.5 Å². The summed E-state index contributed by atoms with van der Waals surface area (Å²) in [5, 5.41) is 19.2. The van der Waals surface area contributed by atoms with E-state index in [1.807, 2.05) is 0 Å². The van der Waals surface area contributed by atoms with Gasteiger partial charge >= 0.3 is 0 Å². The molecule has 20 heavy (non-hydrogen) atoms. The van der Waals surface area contributed by atoms with E-state index in [1.54, 1.807) is 12.1 Å². The smallest absolute Gasteiger partial charge is 0.221 e. The van der Waals surface area contributed by atoms with E-state index < -0.39 is 0 Å². The van der Waals surface area contributed by atoms with Crippen LogP contribution in [0.5, 0.6) is 11.5 Å². The summed E-state index contributed by atoms with van der Waals surface area (Å²) in [6.07, 6.45) is 0.